The van der Waals surface area contributed by atoms with E-state index < -0.39 is 0 Å². The molecular weight excluding hydrogens is 307 g/mol. The highest BCUT2D eigenvalue weighted by atomic mass is 32.2. The van der Waals surface area contributed by atoms with Crippen molar-refractivity contribution in [2.45, 2.75) is 18.2 Å². The van der Waals surface area contributed by atoms with Gasteiger partial charge >= 0.3 is 0 Å². The van der Waals surface area contributed by atoms with Crippen molar-refractivity contribution in [1.82, 2.24) is 0 Å². The number of fused-ring (bicyclic) bond motifs is 1. The average Bonchev–Trinajstić information content (AvgIpc) is 2.81. The van der Waals surface area contributed by atoms with E-state index in [4.69, 9.17) is 0 Å². The Bertz CT molecular complexity index is 816. The molecule has 1 nitrogen and oxygen atoms in total. The minimum atomic E-state index is -0.273. The summed E-state index contributed by atoms with van der Waals surface area (Å²) >= 11 is 1.71. The zero-order valence-electron chi connectivity index (χ0n) is 13.1. The van der Waals surface area contributed by atoms with E-state index in [9.17, 15) is 9.18 Å². The van der Waals surface area contributed by atoms with Gasteiger partial charge in [-0.05, 0) is 76.9 Å². The van der Waals surface area contributed by atoms with Gasteiger partial charge < -0.3 is 4.79 Å². The van der Waals surface area contributed by atoms with Gasteiger partial charge in [-0.25, -0.2) is 4.39 Å². The summed E-state index contributed by atoms with van der Waals surface area (Å²) in [6.45, 7) is 2.00. The molecule has 0 saturated carbocycles. The summed E-state index contributed by atoms with van der Waals surface area (Å²) in [5, 5.41) is 0. The first-order valence-electron chi connectivity index (χ1n) is 7.44. The number of aldehydes is 1. The quantitative estimate of drug-likeness (QED) is 0.548. The van der Waals surface area contributed by atoms with Crippen LogP contribution >= 0.6 is 11.8 Å². The molecule has 23 heavy (non-hydrogen) atoms. The van der Waals surface area contributed by atoms with E-state index in [-0.39, 0.29) is 5.82 Å². The average molecular weight is 324 g/mol. The molecule has 0 aliphatic heterocycles. The number of halogens is 1. The van der Waals surface area contributed by atoms with Gasteiger partial charge in [-0.1, -0.05) is 18.2 Å². The fraction of sp³-hybridized carbons (Fsp3) is 0.150. The molecule has 3 heteroatoms. The van der Waals surface area contributed by atoms with Crippen molar-refractivity contribution in [2.24, 2.45) is 0 Å². The van der Waals surface area contributed by atoms with Crippen molar-refractivity contribution < 1.29 is 9.18 Å². The lowest BCUT2D eigenvalue weighted by Crippen LogP contribution is -1.87. The van der Waals surface area contributed by atoms with E-state index in [1.54, 1.807) is 17.8 Å². The SMILES string of the molecule is CSc1ccc(/C=C2\C(C)=C(CC=O)c3cc(F)ccc32)cc1. The predicted molar refractivity (Wildman–Crippen MR) is 95.8 cm³/mol. The number of rotatable bonds is 4. The first-order valence-corrected chi connectivity index (χ1v) is 8.66. The van der Waals surface area contributed by atoms with Crippen molar-refractivity contribution in [3.8, 4) is 0 Å². The van der Waals surface area contributed by atoms with Gasteiger partial charge in [0.25, 0.3) is 0 Å². The molecule has 0 spiro atoms. The Hall–Kier alpha value is -2.13. The second-order valence-electron chi connectivity index (χ2n) is 5.50. The summed E-state index contributed by atoms with van der Waals surface area (Å²) in [5.41, 5.74) is 5.96. The zero-order valence-corrected chi connectivity index (χ0v) is 13.9. The first kappa shape index (κ1) is 15.8. The Balaban J connectivity index is 2.11. The highest BCUT2D eigenvalue weighted by molar-refractivity contribution is 7.98. The van der Waals surface area contributed by atoms with Crippen LogP contribution < -0.4 is 0 Å². The zero-order chi connectivity index (χ0) is 16.4. The fourth-order valence-corrected chi connectivity index (χ4v) is 3.38. The van der Waals surface area contributed by atoms with Crippen molar-refractivity contribution in [2.75, 3.05) is 6.26 Å². The van der Waals surface area contributed by atoms with Gasteiger partial charge in [-0.15, -0.1) is 11.8 Å². The smallest absolute Gasteiger partial charge is 0.124 e. The van der Waals surface area contributed by atoms with Gasteiger partial charge in [-0.2, -0.15) is 0 Å². The van der Waals surface area contributed by atoms with Crippen LogP contribution in [0.4, 0.5) is 4.39 Å². The third-order valence-electron chi connectivity index (χ3n) is 4.17. The summed E-state index contributed by atoms with van der Waals surface area (Å²) < 4.78 is 13.6. The Labute approximate surface area is 139 Å². The van der Waals surface area contributed by atoms with E-state index in [2.05, 4.69) is 30.3 Å². The molecular formula is C20H17FOS. The third-order valence-corrected chi connectivity index (χ3v) is 4.91. The van der Waals surface area contributed by atoms with E-state index >= 15 is 0 Å². The Morgan fingerprint density at radius 3 is 2.48 bits per heavy atom. The van der Waals surface area contributed by atoms with Crippen LogP contribution in [-0.4, -0.2) is 12.5 Å². The molecule has 0 radical (unpaired) electrons. The molecule has 0 amide bonds. The summed E-state index contributed by atoms with van der Waals surface area (Å²) in [6, 6.07) is 13.1. The van der Waals surface area contributed by atoms with Crippen LogP contribution in [0.5, 0.6) is 0 Å². The largest absolute Gasteiger partial charge is 0.303 e. The lowest BCUT2D eigenvalue weighted by Gasteiger charge is -2.05. The van der Waals surface area contributed by atoms with E-state index in [0.717, 1.165) is 39.7 Å². The second-order valence-corrected chi connectivity index (χ2v) is 6.38. The third kappa shape index (κ3) is 3.02. The predicted octanol–water partition coefficient (Wildman–Crippen LogP) is 5.46. The minimum Gasteiger partial charge on any atom is -0.303 e. The molecule has 116 valence electrons. The van der Waals surface area contributed by atoms with Crippen LogP contribution in [0.15, 0.2) is 52.9 Å². The number of thioether (sulfide) groups is 1. The number of carbonyl (C=O) groups excluding carboxylic acids is 1. The molecule has 2 aromatic rings. The topological polar surface area (TPSA) is 17.1 Å². The van der Waals surface area contributed by atoms with E-state index in [1.807, 2.05) is 13.2 Å². The number of allylic oxidation sites excluding steroid dienone is 3. The van der Waals surface area contributed by atoms with Crippen LogP contribution in [0, 0.1) is 5.82 Å². The minimum absolute atomic E-state index is 0.273. The Kier molecular flexibility index (Phi) is 4.49. The molecule has 0 N–H and O–H groups in total. The Morgan fingerprint density at radius 1 is 1.09 bits per heavy atom. The molecule has 0 atom stereocenters. The van der Waals surface area contributed by atoms with Gasteiger partial charge in [0.1, 0.15) is 12.1 Å². The summed E-state index contributed by atoms with van der Waals surface area (Å²) in [6.07, 6.45) is 5.34. The maximum absolute atomic E-state index is 13.6. The molecule has 3 rings (SSSR count). The lowest BCUT2D eigenvalue weighted by molar-refractivity contribution is -0.107. The molecule has 1 aliphatic rings. The van der Waals surface area contributed by atoms with E-state index in [1.165, 1.54) is 17.0 Å². The van der Waals surface area contributed by atoms with Crippen molar-refractivity contribution in [3.63, 3.8) is 0 Å². The standard InChI is InChI=1S/C20H17FOS/c1-13-17(9-10-22)20-12-15(21)5-8-18(20)19(13)11-14-3-6-16(23-2)7-4-14/h3-8,10-12H,9H2,1-2H3/b19-11+. The molecule has 0 fully saturated rings. The van der Waals surface area contributed by atoms with Gasteiger partial charge in [0, 0.05) is 11.3 Å². The van der Waals surface area contributed by atoms with Crippen LogP contribution in [0.1, 0.15) is 30.0 Å². The Morgan fingerprint density at radius 2 is 1.83 bits per heavy atom. The maximum Gasteiger partial charge on any atom is 0.124 e. The molecule has 0 unspecified atom stereocenters. The van der Waals surface area contributed by atoms with Gasteiger partial charge in [0.05, 0.1) is 0 Å². The first-order chi connectivity index (χ1) is 11.1. The van der Waals surface area contributed by atoms with Crippen molar-refractivity contribution in [1.29, 1.82) is 0 Å². The molecule has 2 aromatic carbocycles. The molecule has 0 saturated heterocycles. The second kappa shape index (κ2) is 6.55. The van der Waals surface area contributed by atoms with Gasteiger partial charge in [-0.3, -0.25) is 0 Å². The summed E-state index contributed by atoms with van der Waals surface area (Å²) in [5.74, 6) is -0.273. The van der Waals surface area contributed by atoms with Crippen molar-refractivity contribution in [3.05, 3.63) is 70.5 Å². The van der Waals surface area contributed by atoms with Crippen LogP contribution in [0.25, 0.3) is 17.2 Å². The van der Waals surface area contributed by atoms with E-state index in [0.29, 0.717) is 6.42 Å². The normalized spacial score (nSPS) is 15.2. The molecule has 0 heterocycles. The number of carbonyl (C=O) groups is 1. The van der Waals surface area contributed by atoms with Gasteiger partial charge in [0.15, 0.2) is 0 Å². The molecule has 0 aromatic heterocycles. The molecule has 0 bridgehead atoms. The van der Waals surface area contributed by atoms with Crippen LogP contribution in [0.2, 0.25) is 0 Å². The summed E-state index contributed by atoms with van der Waals surface area (Å²) in [7, 11) is 0. The monoisotopic (exact) mass is 324 g/mol. The lowest BCUT2D eigenvalue weighted by atomic mass is 10.0. The highest BCUT2D eigenvalue weighted by Gasteiger charge is 2.23. The van der Waals surface area contributed by atoms with Crippen LogP contribution in [0.3, 0.4) is 0 Å². The molecule has 1 aliphatic carbocycles. The highest BCUT2D eigenvalue weighted by Crippen LogP contribution is 2.43. The number of hydrogen-bond acceptors (Lipinski definition) is 2. The van der Waals surface area contributed by atoms with Crippen LogP contribution in [-0.2, 0) is 4.79 Å². The summed E-state index contributed by atoms with van der Waals surface area (Å²) in [4.78, 5) is 12.2. The number of hydrogen-bond donors (Lipinski definition) is 0. The number of benzene rings is 2. The van der Waals surface area contributed by atoms with Gasteiger partial charge in [0.2, 0.25) is 0 Å². The fourth-order valence-electron chi connectivity index (χ4n) is 2.97. The maximum atomic E-state index is 13.6. The van der Waals surface area contributed by atoms with Crippen molar-refractivity contribution >= 4 is 35.3 Å².